The normalized spacial score (nSPS) is 31.1. The summed E-state index contributed by atoms with van der Waals surface area (Å²) in [5.74, 6) is 0. The van der Waals surface area contributed by atoms with Crippen LogP contribution < -0.4 is 11.5 Å². The van der Waals surface area contributed by atoms with Crippen LogP contribution in [0.4, 0.5) is 10.1 Å². The molecule has 0 radical (unpaired) electrons. The Morgan fingerprint density at radius 1 is 1.57 bits per heavy atom. The molecule has 1 fully saturated rings. The van der Waals surface area contributed by atoms with E-state index in [-0.39, 0.29) is 6.04 Å². The van der Waals surface area contributed by atoms with Gasteiger partial charge in [-0.25, -0.2) is 4.39 Å². The lowest BCUT2D eigenvalue weighted by atomic mass is 9.74. The third-order valence-electron chi connectivity index (χ3n) is 2.70. The number of halogens is 1. The summed E-state index contributed by atoms with van der Waals surface area (Å²) in [6.07, 6.45) is 4.43. The Morgan fingerprint density at radius 3 is 2.86 bits per heavy atom. The molecular formula is C10H14FN3. The number of nitrogens with two attached hydrogens (primary N) is 2. The molecule has 1 aliphatic carbocycles. The first-order valence-electron chi connectivity index (χ1n) is 4.72. The third kappa shape index (κ3) is 1.70. The van der Waals surface area contributed by atoms with E-state index in [1.54, 1.807) is 18.5 Å². The van der Waals surface area contributed by atoms with Gasteiger partial charge in [-0.1, -0.05) is 0 Å². The molecule has 0 spiro atoms. The van der Waals surface area contributed by atoms with Crippen LogP contribution in [0.2, 0.25) is 0 Å². The van der Waals surface area contributed by atoms with Gasteiger partial charge in [-0.05, 0) is 24.5 Å². The van der Waals surface area contributed by atoms with Gasteiger partial charge in [-0.2, -0.15) is 0 Å². The Hall–Kier alpha value is -1.16. The van der Waals surface area contributed by atoms with Gasteiger partial charge in [-0.15, -0.1) is 0 Å². The first kappa shape index (κ1) is 9.40. The summed E-state index contributed by atoms with van der Waals surface area (Å²) in [6, 6.07) is 1.70. The molecule has 4 heteroatoms. The van der Waals surface area contributed by atoms with Crippen molar-refractivity contribution in [1.29, 1.82) is 0 Å². The van der Waals surface area contributed by atoms with Crippen molar-refractivity contribution in [3.05, 3.63) is 24.0 Å². The molecule has 0 aliphatic heterocycles. The number of alkyl halides is 1. The van der Waals surface area contributed by atoms with Crippen molar-refractivity contribution in [2.45, 2.75) is 31.0 Å². The zero-order chi connectivity index (χ0) is 10.2. The molecule has 0 saturated heterocycles. The van der Waals surface area contributed by atoms with Crippen molar-refractivity contribution < 1.29 is 4.39 Å². The lowest BCUT2D eigenvalue weighted by molar-refractivity contribution is 0.0445. The standard InChI is InChI=1S/C10H14FN3/c11-10(4-8(12)5-10)3-7-6-14-2-1-9(7)13/h1-2,6,8H,3-5,12H2,(H2,13,14). The quantitative estimate of drug-likeness (QED) is 0.741. The van der Waals surface area contributed by atoms with Crippen molar-refractivity contribution in [3.8, 4) is 0 Å². The van der Waals surface area contributed by atoms with Crippen LogP contribution in [0.5, 0.6) is 0 Å². The molecule has 0 amide bonds. The highest BCUT2D eigenvalue weighted by Crippen LogP contribution is 2.38. The summed E-state index contributed by atoms with van der Waals surface area (Å²) in [4.78, 5) is 3.93. The maximum Gasteiger partial charge on any atom is 0.118 e. The van der Waals surface area contributed by atoms with Gasteiger partial charge in [0.1, 0.15) is 5.67 Å². The summed E-state index contributed by atoms with van der Waals surface area (Å²) >= 11 is 0. The summed E-state index contributed by atoms with van der Waals surface area (Å²) in [5, 5.41) is 0. The lowest BCUT2D eigenvalue weighted by Crippen LogP contribution is -2.49. The van der Waals surface area contributed by atoms with E-state index in [0.717, 1.165) is 5.56 Å². The molecule has 4 N–H and O–H groups in total. The van der Waals surface area contributed by atoms with E-state index in [0.29, 0.717) is 24.9 Å². The minimum Gasteiger partial charge on any atom is -0.398 e. The van der Waals surface area contributed by atoms with Gasteiger partial charge in [0.25, 0.3) is 0 Å². The number of nitrogen functional groups attached to an aromatic ring is 1. The first-order valence-corrected chi connectivity index (χ1v) is 4.72. The zero-order valence-corrected chi connectivity index (χ0v) is 7.91. The number of nitrogens with zero attached hydrogens (tertiary/aromatic N) is 1. The smallest absolute Gasteiger partial charge is 0.118 e. The molecule has 1 aliphatic rings. The van der Waals surface area contributed by atoms with Crippen molar-refractivity contribution in [3.63, 3.8) is 0 Å². The van der Waals surface area contributed by atoms with E-state index in [1.165, 1.54) is 0 Å². The van der Waals surface area contributed by atoms with E-state index in [2.05, 4.69) is 4.98 Å². The van der Waals surface area contributed by atoms with Crippen LogP contribution in [0.3, 0.4) is 0 Å². The number of rotatable bonds is 2. The van der Waals surface area contributed by atoms with Crippen molar-refractivity contribution in [2.75, 3.05) is 5.73 Å². The Kier molecular flexibility index (Phi) is 2.15. The number of pyridine rings is 1. The highest BCUT2D eigenvalue weighted by Gasteiger charge is 2.43. The zero-order valence-electron chi connectivity index (χ0n) is 7.91. The van der Waals surface area contributed by atoms with E-state index in [4.69, 9.17) is 11.5 Å². The molecule has 0 bridgehead atoms. The minimum absolute atomic E-state index is 0.0119. The summed E-state index contributed by atoms with van der Waals surface area (Å²) in [5.41, 5.74) is 11.5. The maximum atomic E-state index is 13.9. The molecule has 0 aromatic carbocycles. The molecule has 1 saturated carbocycles. The SMILES string of the molecule is Nc1ccncc1CC1(F)CC(N)C1. The third-order valence-corrected chi connectivity index (χ3v) is 2.70. The van der Waals surface area contributed by atoms with E-state index < -0.39 is 5.67 Å². The number of aromatic nitrogens is 1. The second-order valence-electron chi connectivity index (χ2n) is 4.07. The molecule has 14 heavy (non-hydrogen) atoms. The van der Waals surface area contributed by atoms with Gasteiger partial charge in [0, 0.05) is 30.5 Å². The average molecular weight is 195 g/mol. The van der Waals surface area contributed by atoms with Crippen LogP contribution in [-0.4, -0.2) is 16.7 Å². The second kappa shape index (κ2) is 3.20. The number of anilines is 1. The maximum absolute atomic E-state index is 13.9. The van der Waals surface area contributed by atoms with Gasteiger partial charge in [-0.3, -0.25) is 4.98 Å². The summed E-state index contributed by atoms with van der Waals surface area (Å²) < 4.78 is 13.9. The Bertz CT molecular complexity index is 334. The molecular weight excluding hydrogens is 181 g/mol. The minimum atomic E-state index is -1.16. The molecule has 0 atom stereocenters. The second-order valence-corrected chi connectivity index (χ2v) is 4.07. The summed E-state index contributed by atoms with van der Waals surface area (Å²) in [7, 11) is 0. The van der Waals surface area contributed by atoms with E-state index >= 15 is 0 Å². The van der Waals surface area contributed by atoms with Gasteiger partial charge in [0.05, 0.1) is 0 Å². The molecule has 76 valence electrons. The highest BCUT2D eigenvalue weighted by molar-refractivity contribution is 5.45. The molecule has 2 rings (SSSR count). The Morgan fingerprint density at radius 2 is 2.29 bits per heavy atom. The van der Waals surface area contributed by atoms with E-state index in [9.17, 15) is 4.39 Å². The van der Waals surface area contributed by atoms with Crippen molar-refractivity contribution >= 4 is 5.69 Å². The topological polar surface area (TPSA) is 64.9 Å². The Balaban J connectivity index is 2.08. The Labute approximate surface area is 82.3 Å². The average Bonchev–Trinajstić information content (AvgIpc) is 2.06. The summed E-state index contributed by atoms with van der Waals surface area (Å²) in [6.45, 7) is 0. The highest BCUT2D eigenvalue weighted by atomic mass is 19.1. The van der Waals surface area contributed by atoms with Crippen LogP contribution in [-0.2, 0) is 6.42 Å². The lowest BCUT2D eigenvalue weighted by Gasteiger charge is -2.39. The van der Waals surface area contributed by atoms with Crippen LogP contribution in [0, 0.1) is 0 Å². The van der Waals surface area contributed by atoms with Gasteiger partial charge in [0.2, 0.25) is 0 Å². The largest absolute Gasteiger partial charge is 0.398 e. The predicted molar refractivity (Wildman–Crippen MR) is 53.4 cm³/mol. The van der Waals surface area contributed by atoms with Crippen LogP contribution >= 0.6 is 0 Å². The number of hydrogen-bond donors (Lipinski definition) is 2. The molecule has 1 aromatic heterocycles. The fourth-order valence-electron chi connectivity index (χ4n) is 1.95. The first-order chi connectivity index (χ1) is 6.59. The number of hydrogen-bond acceptors (Lipinski definition) is 3. The van der Waals surface area contributed by atoms with Crippen molar-refractivity contribution in [1.82, 2.24) is 4.98 Å². The molecule has 3 nitrogen and oxygen atoms in total. The predicted octanol–water partition coefficient (Wildman–Crippen LogP) is 1.04. The monoisotopic (exact) mass is 195 g/mol. The van der Waals surface area contributed by atoms with Gasteiger partial charge >= 0.3 is 0 Å². The van der Waals surface area contributed by atoms with Crippen LogP contribution in [0.15, 0.2) is 18.5 Å². The van der Waals surface area contributed by atoms with E-state index in [1.807, 2.05) is 0 Å². The van der Waals surface area contributed by atoms with Crippen LogP contribution in [0.25, 0.3) is 0 Å². The van der Waals surface area contributed by atoms with Gasteiger partial charge < -0.3 is 11.5 Å². The fraction of sp³-hybridized carbons (Fsp3) is 0.500. The van der Waals surface area contributed by atoms with Crippen LogP contribution in [0.1, 0.15) is 18.4 Å². The fourth-order valence-corrected chi connectivity index (χ4v) is 1.95. The molecule has 1 heterocycles. The molecule has 0 unspecified atom stereocenters. The van der Waals surface area contributed by atoms with Crippen molar-refractivity contribution in [2.24, 2.45) is 5.73 Å². The molecule has 1 aromatic rings. The van der Waals surface area contributed by atoms with Gasteiger partial charge in [0.15, 0.2) is 0 Å².